The van der Waals surface area contributed by atoms with Gasteiger partial charge < -0.3 is 5.32 Å². The van der Waals surface area contributed by atoms with Gasteiger partial charge in [-0.2, -0.15) is 0 Å². The number of anilines is 2. The molecule has 0 unspecified atom stereocenters. The van der Waals surface area contributed by atoms with Crippen LogP contribution >= 0.6 is 11.3 Å². The minimum Gasteiger partial charge on any atom is -0.302 e. The standard InChI is InChI=1S/C19H21N3O3S2/c1-5-18(23)21-19-20-15-7-6-14(10-16(15)26-19)22-27(24,25)17-9-12(3)11(2)8-13(17)4/h6-10,22H,5H2,1-4H3,(H,20,21,23). The first-order chi connectivity index (χ1) is 12.7. The molecule has 1 heterocycles. The lowest BCUT2D eigenvalue weighted by molar-refractivity contribution is -0.115. The van der Waals surface area contributed by atoms with Gasteiger partial charge in [0.05, 0.1) is 20.8 Å². The number of carbonyl (C=O) groups excluding carboxylic acids is 1. The number of sulfonamides is 1. The molecule has 0 aliphatic heterocycles. The predicted octanol–water partition coefficient (Wildman–Crippen LogP) is 4.37. The van der Waals surface area contributed by atoms with Crippen molar-refractivity contribution in [1.82, 2.24) is 4.98 Å². The van der Waals surface area contributed by atoms with Crippen molar-refractivity contribution in [3.63, 3.8) is 0 Å². The van der Waals surface area contributed by atoms with Gasteiger partial charge in [0.25, 0.3) is 10.0 Å². The summed E-state index contributed by atoms with van der Waals surface area (Å²) in [6, 6.07) is 8.69. The first-order valence-corrected chi connectivity index (χ1v) is 10.8. The van der Waals surface area contributed by atoms with Crippen LogP contribution in [-0.4, -0.2) is 19.3 Å². The molecule has 0 atom stereocenters. The molecule has 0 saturated carbocycles. The lowest BCUT2D eigenvalue weighted by Gasteiger charge is -2.12. The topological polar surface area (TPSA) is 88.2 Å². The Morgan fingerprint density at radius 3 is 2.48 bits per heavy atom. The number of fused-ring (bicyclic) bond motifs is 1. The van der Waals surface area contributed by atoms with E-state index in [1.165, 1.54) is 11.3 Å². The molecule has 27 heavy (non-hydrogen) atoms. The van der Waals surface area contributed by atoms with Gasteiger partial charge in [-0.1, -0.05) is 24.3 Å². The van der Waals surface area contributed by atoms with Gasteiger partial charge in [-0.3, -0.25) is 9.52 Å². The highest BCUT2D eigenvalue weighted by molar-refractivity contribution is 7.92. The van der Waals surface area contributed by atoms with Gasteiger partial charge >= 0.3 is 0 Å². The molecule has 2 N–H and O–H groups in total. The Bertz CT molecular complexity index is 1130. The van der Waals surface area contributed by atoms with Crippen molar-refractivity contribution in [2.75, 3.05) is 10.0 Å². The van der Waals surface area contributed by atoms with E-state index in [1.807, 2.05) is 19.9 Å². The third-order valence-electron chi connectivity index (χ3n) is 4.29. The first kappa shape index (κ1) is 19.3. The molecule has 6 nitrogen and oxygen atoms in total. The molecule has 0 aliphatic carbocycles. The van der Waals surface area contributed by atoms with E-state index in [4.69, 9.17) is 0 Å². The maximum absolute atomic E-state index is 12.8. The Morgan fingerprint density at radius 2 is 1.78 bits per heavy atom. The van der Waals surface area contributed by atoms with Gasteiger partial charge in [-0.05, 0) is 61.7 Å². The fourth-order valence-corrected chi connectivity index (χ4v) is 4.97. The molecule has 0 aliphatic rings. The number of amides is 1. The number of nitrogens with zero attached hydrogens (tertiary/aromatic N) is 1. The zero-order chi connectivity index (χ0) is 19.8. The van der Waals surface area contributed by atoms with Gasteiger partial charge in [0.2, 0.25) is 5.91 Å². The van der Waals surface area contributed by atoms with Crippen LogP contribution in [0.2, 0.25) is 0 Å². The number of aryl methyl sites for hydroxylation is 3. The molecule has 142 valence electrons. The van der Waals surface area contributed by atoms with E-state index in [9.17, 15) is 13.2 Å². The van der Waals surface area contributed by atoms with Gasteiger partial charge in [0.15, 0.2) is 5.13 Å². The summed E-state index contributed by atoms with van der Waals surface area (Å²) < 4.78 is 29.1. The highest BCUT2D eigenvalue weighted by Crippen LogP contribution is 2.30. The number of hydrogen-bond donors (Lipinski definition) is 2. The lowest BCUT2D eigenvalue weighted by Crippen LogP contribution is -2.14. The summed E-state index contributed by atoms with van der Waals surface area (Å²) in [5.41, 5.74) is 3.84. The molecule has 1 aromatic heterocycles. The number of nitrogens with one attached hydrogen (secondary N) is 2. The summed E-state index contributed by atoms with van der Waals surface area (Å²) in [7, 11) is -3.70. The van der Waals surface area contributed by atoms with Crippen LogP contribution in [0.15, 0.2) is 35.2 Å². The van der Waals surface area contributed by atoms with Crippen LogP contribution < -0.4 is 10.0 Å². The number of rotatable bonds is 5. The molecular weight excluding hydrogens is 382 g/mol. The zero-order valence-electron chi connectivity index (χ0n) is 15.6. The number of carbonyl (C=O) groups is 1. The monoisotopic (exact) mass is 403 g/mol. The van der Waals surface area contributed by atoms with Gasteiger partial charge in [-0.25, -0.2) is 13.4 Å². The molecule has 3 aromatic rings. The summed E-state index contributed by atoms with van der Waals surface area (Å²) in [5.74, 6) is -0.111. The lowest BCUT2D eigenvalue weighted by atomic mass is 10.1. The summed E-state index contributed by atoms with van der Waals surface area (Å²) >= 11 is 1.31. The molecule has 3 rings (SSSR count). The summed E-state index contributed by atoms with van der Waals surface area (Å²) in [6.45, 7) is 7.41. The van der Waals surface area contributed by atoms with Crippen molar-refractivity contribution in [2.24, 2.45) is 0 Å². The molecule has 0 fully saturated rings. The van der Waals surface area contributed by atoms with Gasteiger partial charge in [-0.15, -0.1) is 0 Å². The van der Waals surface area contributed by atoms with Crippen molar-refractivity contribution >= 4 is 48.3 Å². The largest absolute Gasteiger partial charge is 0.302 e. The molecule has 8 heteroatoms. The van der Waals surface area contributed by atoms with Crippen molar-refractivity contribution in [2.45, 2.75) is 39.0 Å². The highest BCUT2D eigenvalue weighted by Gasteiger charge is 2.18. The van der Waals surface area contributed by atoms with E-state index in [-0.39, 0.29) is 10.8 Å². The van der Waals surface area contributed by atoms with Crippen LogP contribution in [0.4, 0.5) is 10.8 Å². The summed E-state index contributed by atoms with van der Waals surface area (Å²) in [4.78, 5) is 16.1. The maximum atomic E-state index is 12.8. The van der Waals surface area contributed by atoms with Gasteiger partial charge in [0.1, 0.15) is 0 Å². The van der Waals surface area contributed by atoms with Crippen LogP contribution in [0.1, 0.15) is 30.0 Å². The van der Waals surface area contributed by atoms with Crippen LogP contribution in [-0.2, 0) is 14.8 Å². The van der Waals surface area contributed by atoms with E-state index >= 15 is 0 Å². The van der Waals surface area contributed by atoms with Crippen LogP contribution in [0.3, 0.4) is 0 Å². The Kier molecular flexibility index (Phi) is 5.21. The van der Waals surface area contributed by atoms with Crippen LogP contribution in [0.5, 0.6) is 0 Å². The Morgan fingerprint density at radius 1 is 1.07 bits per heavy atom. The summed E-state index contributed by atoms with van der Waals surface area (Å²) in [5, 5.41) is 3.23. The van der Waals surface area contributed by atoms with Crippen molar-refractivity contribution in [1.29, 1.82) is 0 Å². The number of aromatic nitrogens is 1. The number of hydrogen-bond acceptors (Lipinski definition) is 5. The smallest absolute Gasteiger partial charge is 0.262 e. The first-order valence-electron chi connectivity index (χ1n) is 8.50. The van der Waals surface area contributed by atoms with E-state index in [0.29, 0.717) is 28.3 Å². The molecule has 1 amide bonds. The van der Waals surface area contributed by atoms with E-state index in [2.05, 4.69) is 15.0 Å². The van der Waals surface area contributed by atoms with Crippen LogP contribution in [0, 0.1) is 20.8 Å². The quantitative estimate of drug-likeness (QED) is 0.662. The van der Waals surface area contributed by atoms with Crippen LogP contribution in [0.25, 0.3) is 10.2 Å². The SMILES string of the molecule is CCC(=O)Nc1nc2ccc(NS(=O)(=O)c3cc(C)c(C)cc3C)cc2s1. The molecule has 2 aromatic carbocycles. The van der Waals surface area contributed by atoms with E-state index in [1.54, 1.807) is 38.1 Å². The fraction of sp³-hybridized carbons (Fsp3) is 0.263. The minimum atomic E-state index is -3.70. The third-order valence-corrected chi connectivity index (χ3v) is 6.75. The average molecular weight is 404 g/mol. The van der Waals surface area contributed by atoms with Crippen molar-refractivity contribution < 1.29 is 13.2 Å². The minimum absolute atomic E-state index is 0.111. The third kappa shape index (κ3) is 4.12. The maximum Gasteiger partial charge on any atom is 0.262 e. The fourth-order valence-electron chi connectivity index (χ4n) is 2.68. The normalized spacial score (nSPS) is 11.6. The van der Waals surface area contributed by atoms with Crippen molar-refractivity contribution in [3.05, 3.63) is 47.0 Å². The van der Waals surface area contributed by atoms with E-state index in [0.717, 1.165) is 15.8 Å². The average Bonchev–Trinajstić information content (AvgIpc) is 2.98. The predicted molar refractivity (Wildman–Crippen MR) is 110 cm³/mol. The second-order valence-corrected chi connectivity index (χ2v) is 9.09. The molecule has 0 bridgehead atoms. The Labute approximate surface area is 162 Å². The Hall–Kier alpha value is -2.45. The Balaban J connectivity index is 1.91. The van der Waals surface area contributed by atoms with Gasteiger partial charge in [0, 0.05) is 6.42 Å². The van der Waals surface area contributed by atoms with E-state index < -0.39 is 10.0 Å². The molecule has 0 spiro atoms. The molecule has 0 saturated heterocycles. The number of thiazole rings is 1. The second-order valence-electron chi connectivity index (χ2n) is 6.41. The van der Waals surface area contributed by atoms with Crippen molar-refractivity contribution in [3.8, 4) is 0 Å². The number of benzene rings is 2. The second kappa shape index (κ2) is 7.28. The molecular formula is C19H21N3O3S2. The highest BCUT2D eigenvalue weighted by atomic mass is 32.2. The molecule has 0 radical (unpaired) electrons. The zero-order valence-corrected chi connectivity index (χ0v) is 17.2. The summed E-state index contributed by atoms with van der Waals surface area (Å²) in [6.07, 6.45) is 0.371.